The molecule has 0 bridgehead atoms. The molecular formula is C18H16N4O2S3. The first kappa shape index (κ1) is 18.0. The van der Waals surface area contributed by atoms with Crippen molar-refractivity contribution in [2.24, 2.45) is 0 Å². The molecule has 6 nitrogen and oxygen atoms in total. The molecule has 0 aliphatic carbocycles. The van der Waals surface area contributed by atoms with Gasteiger partial charge in [-0.3, -0.25) is 4.79 Å². The summed E-state index contributed by atoms with van der Waals surface area (Å²) in [5.74, 6) is 0.917. The molecule has 4 aromatic heterocycles. The van der Waals surface area contributed by atoms with Crippen molar-refractivity contribution < 1.29 is 9.32 Å². The molecule has 9 heteroatoms. The summed E-state index contributed by atoms with van der Waals surface area (Å²) in [5.41, 5.74) is 1.89. The molecule has 1 atom stereocenters. The van der Waals surface area contributed by atoms with Gasteiger partial charge in [0.05, 0.1) is 20.7 Å². The van der Waals surface area contributed by atoms with Crippen LogP contribution in [-0.2, 0) is 4.79 Å². The summed E-state index contributed by atoms with van der Waals surface area (Å²) < 4.78 is 4.98. The van der Waals surface area contributed by atoms with Gasteiger partial charge in [-0.05, 0) is 36.7 Å². The molecule has 0 unspecified atom stereocenters. The number of carbonyl (C=O) groups excluding carboxylic acids is 1. The number of hydrogen-bond acceptors (Lipinski definition) is 7. The summed E-state index contributed by atoms with van der Waals surface area (Å²) in [5, 5.41) is 11.0. The van der Waals surface area contributed by atoms with Gasteiger partial charge in [0, 0.05) is 6.07 Å². The minimum Gasteiger partial charge on any atom is -0.360 e. The summed E-state index contributed by atoms with van der Waals surface area (Å²) >= 11 is 4.68. The zero-order valence-corrected chi connectivity index (χ0v) is 17.0. The molecular weight excluding hydrogens is 400 g/mol. The van der Waals surface area contributed by atoms with Gasteiger partial charge in [-0.25, -0.2) is 4.98 Å². The Morgan fingerprint density at radius 2 is 2.00 bits per heavy atom. The van der Waals surface area contributed by atoms with E-state index in [1.54, 1.807) is 35.7 Å². The van der Waals surface area contributed by atoms with Gasteiger partial charge in [-0.2, -0.15) is 0 Å². The number of aromatic amines is 1. The summed E-state index contributed by atoms with van der Waals surface area (Å²) in [6.07, 6.45) is 0. The molecule has 138 valence electrons. The van der Waals surface area contributed by atoms with Crippen molar-refractivity contribution in [2.75, 3.05) is 5.32 Å². The molecule has 0 aliphatic heterocycles. The van der Waals surface area contributed by atoms with Gasteiger partial charge in [0.15, 0.2) is 11.0 Å². The normalized spacial score (nSPS) is 12.2. The highest BCUT2D eigenvalue weighted by Crippen LogP contribution is 2.37. The quantitative estimate of drug-likeness (QED) is 0.418. The zero-order chi connectivity index (χ0) is 18.8. The Morgan fingerprint density at radius 1 is 1.26 bits per heavy atom. The number of nitrogens with one attached hydrogen (secondary N) is 2. The van der Waals surface area contributed by atoms with Gasteiger partial charge in [-0.15, -0.1) is 22.7 Å². The van der Waals surface area contributed by atoms with Crippen molar-refractivity contribution in [3.8, 4) is 21.1 Å². The zero-order valence-electron chi connectivity index (χ0n) is 14.6. The van der Waals surface area contributed by atoms with E-state index in [2.05, 4.69) is 27.6 Å². The molecule has 1 amide bonds. The first-order chi connectivity index (χ1) is 13.1. The third-order valence-corrected chi connectivity index (χ3v) is 6.49. The number of aryl methyl sites for hydroxylation is 1. The van der Waals surface area contributed by atoms with E-state index in [4.69, 9.17) is 9.51 Å². The van der Waals surface area contributed by atoms with Crippen LogP contribution < -0.4 is 5.32 Å². The van der Waals surface area contributed by atoms with Gasteiger partial charge in [0.1, 0.15) is 11.5 Å². The minimum atomic E-state index is -0.347. The maximum Gasteiger partial charge on any atom is 0.238 e. The molecule has 4 aromatic rings. The molecule has 4 rings (SSSR count). The molecule has 27 heavy (non-hydrogen) atoms. The van der Waals surface area contributed by atoms with Gasteiger partial charge in [0.2, 0.25) is 5.91 Å². The summed E-state index contributed by atoms with van der Waals surface area (Å²) in [7, 11) is 0. The Kier molecular flexibility index (Phi) is 5.15. The van der Waals surface area contributed by atoms with Gasteiger partial charge in [0.25, 0.3) is 0 Å². The van der Waals surface area contributed by atoms with Crippen LogP contribution in [0.15, 0.2) is 50.8 Å². The number of thiophene rings is 2. The van der Waals surface area contributed by atoms with E-state index in [0.717, 1.165) is 21.1 Å². The van der Waals surface area contributed by atoms with Crippen LogP contribution in [0.1, 0.15) is 12.7 Å². The number of anilines is 1. The number of H-pyrrole nitrogens is 1. The van der Waals surface area contributed by atoms with E-state index < -0.39 is 0 Å². The smallest absolute Gasteiger partial charge is 0.238 e. The first-order valence-electron chi connectivity index (χ1n) is 8.19. The summed E-state index contributed by atoms with van der Waals surface area (Å²) in [4.78, 5) is 22.8. The fourth-order valence-electron chi connectivity index (χ4n) is 2.47. The lowest BCUT2D eigenvalue weighted by molar-refractivity contribution is -0.115. The van der Waals surface area contributed by atoms with E-state index >= 15 is 0 Å². The second-order valence-corrected chi connectivity index (χ2v) is 9.02. The Morgan fingerprint density at radius 3 is 2.63 bits per heavy atom. The van der Waals surface area contributed by atoms with Crippen LogP contribution >= 0.6 is 34.4 Å². The third-order valence-electron chi connectivity index (χ3n) is 3.74. The van der Waals surface area contributed by atoms with Crippen molar-refractivity contribution in [2.45, 2.75) is 24.3 Å². The van der Waals surface area contributed by atoms with E-state index in [1.807, 2.05) is 29.8 Å². The van der Waals surface area contributed by atoms with Crippen LogP contribution in [0.2, 0.25) is 0 Å². The molecule has 0 saturated carbocycles. The van der Waals surface area contributed by atoms with E-state index in [9.17, 15) is 4.79 Å². The second kappa shape index (κ2) is 7.71. The predicted molar refractivity (Wildman–Crippen MR) is 110 cm³/mol. The van der Waals surface area contributed by atoms with E-state index in [1.165, 1.54) is 11.8 Å². The summed E-state index contributed by atoms with van der Waals surface area (Å²) in [6, 6.07) is 9.83. The van der Waals surface area contributed by atoms with Crippen molar-refractivity contribution in [3.05, 3.63) is 46.9 Å². The third kappa shape index (κ3) is 4.00. The lowest BCUT2D eigenvalue weighted by Crippen LogP contribution is -2.22. The standard InChI is InChI=1S/C18H16N4O2S3/c1-10-9-14(22-24-10)19-17(23)11(2)27-18-20-15(12-5-3-7-25-12)16(21-18)13-6-4-8-26-13/h3-9,11H,1-2H3,(H,20,21)(H,19,22,23)/t11-/m1/s1. The second-order valence-electron chi connectivity index (χ2n) is 5.79. The molecule has 2 N–H and O–H groups in total. The maximum absolute atomic E-state index is 12.4. The molecule has 0 spiro atoms. The lowest BCUT2D eigenvalue weighted by Gasteiger charge is -2.08. The minimum absolute atomic E-state index is 0.153. The van der Waals surface area contributed by atoms with Crippen molar-refractivity contribution in [3.63, 3.8) is 0 Å². The average Bonchev–Trinajstić information content (AvgIpc) is 3.42. The highest BCUT2D eigenvalue weighted by Gasteiger charge is 2.21. The van der Waals surface area contributed by atoms with Crippen LogP contribution in [0.5, 0.6) is 0 Å². The molecule has 0 radical (unpaired) electrons. The average molecular weight is 417 g/mol. The predicted octanol–water partition coefficient (Wildman–Crippen LogP) is 5.28. The molecule has 0 aliphatic rings. The number of nitrogens with zero attached hydrogens (tertiary/aromatic N) is 2. The molecule has 0 fully saturated rings. The first-order valence-corrected chi connectivity index (χ1v) is 10.8. The number of thioether (sulfide) groups is 1. The SMILES string of the molecule is Cc1cc(NC(=O)[C@@H](C)Sc2nc(-c3cccs3)c(-c3cccs3)[nH]2)no1. The monoisotopic (exact) mass is 416 g/mol. The Labute approximate surface area is 168 Å². The van der Waals surface area contributed by atoms with Crippen LogP contribution in [0.3, 0.4) is 0 Å². The van der Waals surface area contributed by atoms with Crippen molar-refractivity contribution in [1.82, 2.24) is 15.1 Å². The van der Waals surface area contributed by atoms with E-state index in [-0.39, 0.29) is 11.2 Å². The fourth-order valence-corrected chi connectivity index (χ4v) is 4.72. The van der Waals surface area contributed by atoms with Crippen LogP contribution in [-0.4, -0.2) is 26.3 Å². The van der Waals surface area contributed by atoms with Crippen molar-refractivity contribution >= 4 is 46.2 Å². The number of amides is 1. The Balaban J connectivity index is 1.55. The van der Waals surface area contributed by atoms with Gasteiger partial charge >= 0.3 is 0 Å². The topological polar surface area (TPSA) is 83.8 Å². The highest BCUT2D eigenvalue weighted by atomic mass is 32.2. The van der Waals surface area contributed by atoms with E-state index in [0.29, 0.717) is 16.7 Å². The lowest BCUT2D eigenvalue weighted by atomic mass is 10.2. The van der Waals surface area contributed by atoms with Crippen LogP contribution in [0.25, 0.3) is 21.1 Å². The number of rotatable bonds is 6. The largest absolute Gasteiger partial charge is 0.360 e. The molecule has 0 saturated heterocycles. The van der Waals surface area contributed by atoms with Crippen LogP contribution in [0, 0.1) is 6.92 Å². The highest BCUT2D eigenvalue weighted by molar-refractivity contribution is 8.00. The van der Waals surface area contributed by atoms with Gasteiger partial charge in [-0.1, -0.05) is 29.1 Å². The summed E-state index contributed by atoms with van der Waals surface area (Å²) in [6.45, 7) is 3.62. The number of hydrogen-bond donors (Lipinski definition) is 2. The Bertz CT molecular complexity index is 983. The number of aromatic nitrogens is 3. The van der Waals surface area contributed by atoms with Gasteiger partial charge < -0.3 is 14.8 Å². The Hall–Kier alpha value is -2.36. The fraction of sp³-hybridized carbons (Fsp3) is 0.167. The number of carbonyl (C=O) groups is 1. The maximum atomic E-state index is 12.4. The number of imidazole rings is 1. The molecule has 4 heterocycles. The molecule has 0 aromatic carbocycles. The van der Waals surface area contributed by atoms with Crippen molar-refractivity contribution in [1.29, 1.82) is 0 Å². The van der Waals surface area contributed by atoms with Crippen LogP contribution in [0.4, 0.5) is 5.82 Å².